The maximum atomic E-state index is 11.2. The fourth-order valence-electron chi connectivity index (χ4n) is 4.53. The Morgan fingerprint density at radius 3 is 2.63 bits per heavy atom. The lowest BCUT2D eigenvalue weighted by Crippen LogP contribution is -2.43. The van der Waals surface area contributed by atoms with Crippen LogP contribution in [-0.4, -0.2) is 78.0 Å². The molecule has 0 radical (unpaired) electrons. The first-order chi connectivity index (χ1) is 18.1. The molecule has 3 N–H and O–H groups in total. The molecule has 2 aromatic heterocycles. The number of aryl methyl sites for hydroxylation is 2. The molecule has 0 bridgehead atoms. The third-order valence-electron chi connectivity index (χ3n) is 7.30. The number of hydrogen-bond acceptors (Lipinski definition) is 7. The molecule has 1 aromatic carbocycles. The molecule has 1 aliphatic heterocycles. The van der Waals surface area contributed by atoms with E-state index in [1.165, 1.54) is 11.9 Å². The van der Waals surface area contributed by atoms with E-state index in [9.17, 15) is 13.5 Å². The summed E-state index contributed by atoms with van der Waals surface area (Å²) in [4.78, 5) is 9.17. The van der Waals surface area contributed by atoms with Gasteiger partial charge < -0.3 is 18.9 Å². The third-order valence-corrected chi connectivity index (χ3v) is 7.77. The Bertz CT molecular complexity index is 1410. The Hall–Kier alpha value is -2.85. The van der Waals surface area contributed by atoms with Crippen LogP contribution in [0.15, 0.2) is 42.9 Å². The van der Waals surface area contributed by atoms with E-state index >= 15 is 0 Å². The highest BCUT2D eigenvalue weighted by atomic mass is 32.2. The van der Waals surface area contributed by atoms with Gasteiger partial charge in [0, 0.05) is 12.6 Å². The molecule has 0 spiro atoms. The molecule has 10 nitrogen and oxygen atoms in total. The molecule has 1 saturated heterocycles. The van der Waals surface area contributed by atoms with Crippen molar-refractivity contribution in [3.63, 3.8) is 0 Å². The van der Waals surface area contributed by atoms with Crippen LogP contribution in [0.3, 0.4) is 0 Å². The first kappa shape index (κ1) is 28.2. The fourth-order valence-corrected chi connectivity index (χ4v) is 4.85. The molecule has 0 amide bonds. The zero-order valence-corrected chi connectivity index (χ0v) is 22.9. The Morgan fingerprint density at radius 1 is 1.21 bits per heavy atom. The topological polar surface area (TPSA) is 130 Å². The van der Waals surface area contributed by atoms with Crippen LogP contribution in [0.4, 0.5) is 0 Å². The van der Waals surface area contributed by atoms with Crippen molar-refractivity contribution in [3.8, 4) is 11.8 Å². The van der Waals surface area contributed by atoms with Crippen LogP contribution in [0.2, 0.25) is 0 Å². The van der Waals surface area contributed by atoms with E-state index in [1.807, 2.05) is 29.0 Å². The molecule has 3 heterocycles. The first-order valence-electron chi connectivity index (χ1n) is 12.8. The van der Waals surface area contributed by atoms with Gasteiger partial charge >= 0.3 is 10.3 Å². The molecule has 4 rings (SSSR count). The SMILES string of the molecule is CC[N+](C)(CC)CC#Cc1cn([C@H]2C[C@H](O)[C@@H](COS(N)(=O)=O)O2)c2ncnc(CCc3ccccc3)c12. The van der Waals surface area contributed by atoms with Crippen molar-refractivity contribution in [2.75, 3.05) is 33.3 Å². The van der Waals surface area contributed by atoms with Gasteiger partial charge in [0.2, 0.25) is 0 Å². The van der Waals surface area contributed by atoms with Crippen molar-refractivity contribution in [2.24, 2.45) is 5.14 Å². The van der Waals surface area contributed by atoms with Crippen LogP contribution in [-0.2, 0) is 32.1 Å². The van der Waals surface area contributed by atoms with Gasteiger partial charge in [-0.3, -0.25) is 4.18 Å². The summed E-state index contributed by atoms with van der Waals surface area (Å²) in [6.45, 7) is 6.61. The number of fused-ring (bicyclic) bond motifs is 1. The van der Waals surface area contributed by atoms with E-state index in [4.69, 9.17) is 9.88 Å². The normalized spacial score (nSPS) is 20.0. The lowest BCUT2D eigenvalue weighted by atomic mass is 10.1. The van der Waals surface area contributed by atoms with Gasteiger partial charge in [-0.15, -0.1) is 0 Å². The van der Waals surface area contributed by atoms with Crippen molar-refractivity contribution in [1.29, 1.82) is 0 Å². The Balaban J connectivity index is 1.68. The average molecular weight is 543 g/mol. The number of aliphatic hydroxyl groups excluding tert-OH is 1. The van der Waals surface area contributed by atoms with E-state index in [2.05, 4.69) is 59.0 Å². The minimum atomic E-state index is -4.15. The highest BCUT2D eigenvalue weighted by molar-refractivity contribution is 7.84. The molecule has 3 atom stereocenters. The van der Waals surface area contributed by atoms with Crippen LogP contribution < -0.4 is 5.14 Å². The monoisotopic (exact) mass is 542 g/mol. The van der Waals surface area contributed by atoms with Gasteiger partial charge in [-0.05, 0) is 38.2 Å². The van der Waals surface area contributed by atoms with Crippen LogP contribution in [0, 0.1) is 11.8 Å². The molecule has 1 fully saturated rings. The van der Waals surface area contributed by atoms with E-state index in [1.54, 1.807) is 0 Å². The van der Waals surface area contributed by atoms with E-state index in [0.29, 0.717) is 18.6 Å². The molecule has 38 heavy (non-hydrogen) atoms. The first-order valence-corrected chi connectivity index (χ1v) is 14.3. The second-order valence-electron chi connectivity index (χ2n) is 9.88. The maximum absolute atomic E-state index is 11.2. The number of aromatic nitrogens is 3. The smallest absolute Gasteiger partial charge is 0.333 e. The average Bonchev–Trinajstić information content (AvgIpc) is 3.46. The largest absolute Gasteiger partial charge is 0.390 e. The molecule has 1 aliphatic rings. The zero-order valence-electron chi connectivity index (χ0n) is 22.1. The summed E-state index contributed by atoms with van der Waals surface area (Å²) in [6.07, 6.45) is 2.82. The molecule has 0 aliphatic carbocycles. The molecule has 204 valence electrons. The lowest BCUT2D eigenvalue weighted by Gasteiger charge is -2.29. The van der Waals surface area contributed by atoms with Crippen molar-refractivity contribution in [2.45, 2.75) is 51.5 Å². The molecule has 0 saturated carbocycles. The minimum absolute atomic E-state index is 0.235. The summed E-state index contributed by atoms with van der Waals surface area (Å²) >= 11 is 0. The Labute approximate surface area is 224 Å². The number of hydrogen-bond donors (Lipinski definition) is 2. The summed E-state index contributed by atoms with van der Waals surface area (Å²) in [7, 11) is -1.96. The Morgan fingerprint density at radius 2 is 1.95 bits per heavy atom. The van der Waals surface area contributed by atoms with Crippen LogP contribution in [0.5, 0.6) is 0 Å². The highest BCUT2D eigenvalue weighted by Gasteiger charge is 2.37. The van der Waals surface area contributed by atoms with Crippen LogP contribution >= 0.6 is 0 Å². The van der Waals surface area contributed by atoms with Crippen LogP contribution in [0.1, 0.15) is 43.3 Å². The van der Waals surface area contributed by atoms with Crippen molar-refractivity contribution in [1.82, 2.24) is 14.5 Å². The van der Waals surface area contributed by atoms with Gasteiger partial charge in [0.15, 0.2) is 0 Å². The van der Waals surface area contributed by atoms with Crippen molar-refractivity contribution in [3.05, 3.63) is 59.7 Å². The van der Waals surface area contributed by atoms with E-state index in [0.717, 1.165) is 40.6 Å². The molecule has 3 aromatic rings. The quantitative estimate of drug-likeness (QED) is 0.296. The summed E-state index contributed by atoms with van der Waals surface area (Å²) in [5.74, 6) is 6.72. The molecular formula is C27H36N5O5S+. The third kappa shape index (κ3) is 6.77. The van der Waals surface area contributed by atoms with E-state index in [-0.39, 0.29) is 13.0 Å². The van der Waals surface area contributed by atoms with Gasteiger partial charge in [-0.2, -0.15) is 8.42 Å². The van der Waals surface area contributed by atoms with Crippen molar-refractivity contribution < 1.29 is 26.9 Å². The number of quaternary nitrogens is 1. The van der Waals surface area contributed by atoms with Crippen molar-refractivity contribution >= 4 is 21.3 Å². The highest BCUT2D eigenvalue weighted by Crippen LogP contribution is 2.34. The predicted octanol–water partition coefficient (Wildman–Crippen LogP) is 1.92. The van der Waals surface area contributed by atoms with Gasteiger partial charge in [0.1, 0.15) is 30.9 Å². The number of nitrogens with zero attached hydrogens (tertiary/aromatic N) is 4. The number of rotatable bonds is 10. The van der Waals surface area contributed by atoms with Gasteiger partial charge in [-0.1, -0.05) is 36.3 Å². The van der Waals surface area contributed by atoms with Gasteiger partial charge in [-0.25, -0.2) is 15.1 Å². The summed E-state index contributed by atoms with van der Waals surface area (Å²) in [5.41, 5.74) is 3.55. The maximum Gasteiger partial charge on any atom is 0.333 e. The molecular weight excluding hydrogens is 506 g/mol. The van der Waals surface area contributed by atoms with Gasteiger partial charge in [0.05, 0.1) is 49.5 Å². The number of ether oxygens (including phenoxy) is 1. The molecule has 11 heteroatoms. The minimum Gasteiger partial charge on any atom is -0.390 e. The fraction of sp³-hybridized carbons (Fsp3) is 0.481. The summed E-state index contributed by atoms with van der Waals surface area (Å²) in [5, 5.41) is 16.3. The molecule has 0 unspecified atom stereocenters. The second kappa shape index (κ2) is 11.9. The zero-order chi connectivity index (χ0) is 27.3. The van der Waals surface area contributed by atoms with Gasteiger partial charge in [0.25, 0.3) is 0 Å². The van der Waals surface area contributed by atoms with Crippen LogP contribution in [0.25, 0.3) is 11.0 Å². The summed E-state index contributed by atoms with van der Waals surface area (Å²) in [6, 6.07) is 10.2. The number of benzene rings is 1. The Kier molecular flexibility index (Phi) is 8.82. The number of aliphatic hydroxyl groups is 1. The standard InChI is InChI=1S/C27H36N5O5S/c1-4-32(3,5-2)15-9-12-21-17-31(25-16-23(33)24(37-25)18-36-38(28,34)35)27-26(21)22(29-19-30-27)14-13-20-10-7-6-8-11-20/h6-8,10-11,17,19,23-25,33H,4-5,13-16,18H2,1-3H3,(H2,28,34,35)/q+1/t23-,24+,25+/m0/s1. The number of nitrogens with two attached hydrogens (primary N) is 1. The lowest BCUT2D eigenvalue weighted by molar-refractivity contribution is -0.899. The second-order valence-corrected chi connectivity index (χ2v) is 11.1. The summed E-state index contributed by atoms with van der Waals surface area (Å²) < 4.78 is 35.8. The predicted molar refractivity (Wildman–Crippen MR) is 144 cm³/mol. The van der Waals surface area contributed by atoms with E-state index < -0.39 is 28.7 Å².